The second-order valence-corrected chi connectivity index (χ2v) is 6.04. The molecule has 0 unspecified atom stereocenters. The summed E-state index contributed by atoms with van der Waals surface area (Å²) in [5.41, 5.74) is 1.52. The van der Waals surface area contributed by atoms with Crippen molar-refractivity contribution in [2.24, 2.45) is 0 Å². The molecule has 2 amide bonds. The Morgan fingerprint density at radius 3 is 2.64 bits per heavy atom. The monoisotopic (exact) mass is 384 g/mol. The first kappa shape index (κ1) is 19.2. The smallest absolute Gasteiger partial charge is 0.414 e. The molecule has 1 aliphatic rings. The lowest BCUT2D eigenvalue weighted by Gasteiger charge is -2.18. The van der Waals surface area contributed by atoms with Crippen LogP contribution in [0.2, 0.25) is 0 Å². The molecule has 0 aromatic heterocycles. The lowest BCUT2D eigenvalue weighted by molar-refractivity contribution is -0.118. The number of ether oxygens (including phenoxy) is 3. The highest BCUT2D eigenvalue weighted by Gasteiger charge is 2.26. The van der Waals surface area contributed by atoms with Gasteiger partial charge in [-0.2, -0.15) is 0 Å². The molecule has 0 atom stereocenters. The van der Waals surface area contributed by atoms with Gasteiger partial charge in [-0.25, -0.2) is 4.79 Å². The van der Waals surface area contributed by atoms with E-state index < -0.39 is 12.0 Å². The number of cyclic esters (lactones) is 1. The molecular formula is C20H20N2O6. The van der Waals surface area contributed by atoms with Crippen LogP contribution in [0.1, 0.15) is 17.3 Å². The van der Waals surface area contributed by atoms with Crippen LogP contribution < -0.4 is 19.7 Å². The summed E-state index contributed by atoms with van der Waals surface area (Å²) in [6.07, 6.45) is -0.451. The number of anilines is 2. The Labute approximate surface area is 162 Å². The summed E-state index contributed by atoms with van der Waals surface area (Å²) >= 11 is 0. The maximum absolute atomic E-state index is 12.3. The SMILES string of the molecule is COc1cc(C(C)=O)ccc1OCC(=O)Nc1ccccc1N1CCOC1=O. The summed E-state index contributed by atoms with van der Waals surface area (Å²) in [6.45, 7) is 1.91. The van der Waals surface area contributed by atoms with Crippen LogP contribution in [-0.4, -0.2) is 44.7 Å². The molecule has 0 aliphatic carbocycles. The van der Waals surface area contributed by atoms with E-state index in [1.54, 1.807) is 42.5 Å². The van der Waals surface area contributed by atoms with Crippen LogP contribution >= 0.6 is 0 Å². The number of nitrogens with one attached hydrogen (secondary N) is 1. The van der Waals surface area contributed by atoms with E-state index in [9.17, 15) is 14.4 Å². The minimum atomic E-state index is -0.451. The minimum Gasteiger partial charge on any atom is -0.493 e. The van der Waals surface area contributed by atoms with Crippen LogP contribution in [0, 0.1) is 0 Å². The Morgan fingerprint density at radius 1 is 1.18 bits per heavy atom. The van der Waals surface area contributed by atoms with Crippen molar-refractivity contribution < 1.29 is 28.6 Å². The summed E-state index contributed by atoms with van der Waals surface area (Å²) in [7, 11) is 1.46. The number of benzene rings is 2. The molecule has 1 N–H and O–H groups in total. The first-order valence-corrected chi connectivity index (χ1v) is 8.64. The molecule has 2 aromatic rings. The number of ketones is 1. The lowest BCUT2D eigenvalue weighted by atomic mass is 10.1. The number of amides is 2. The van der Waals surface area contributed by atoms with Gasteiger partial charge in [0.05, 0.1) is 25.0 Å². The zero-order chi connectivity index (χ0) is 20.1. The van der Waals surface area contributed by atoms with Crippen LogP contribution in [0.4, 0.5) is 16.2 Å². The summed E-state index contributed by atoms with van der Waals surface area (Å²) in [5, 5.41) is 2.74. The zero-order valence-corrected chi connectivity index (χ0v) is 15.6. The van der Waals surface area contributed by atoms with Crippen LogP contribution in [0.5, 0.6) is 11.5 Å². The van der Waals surface area contributed by atoms with Crippen LogP contribution in [-0.2, 0) is 9.53 Å². The topological polar surface area (TPSA) is 94.2 Å². The van der Waals surface area contributed by atoms with Gasteiger partial charge in [-0.05, 0) is 37.3 Å². The second-order valence-electron chi connectivity index (χ2n) is 6.04. The number of carbonyl (C=O) groups is 3. The molecule has 8 heteroatoms. The third kappa shape index (κ3) is 4.22. The van der Waals surface area contributed by atoms with Gasteiger partial charge in [0.2, 0.25) is 0 Å². The average Bonchev–Trinajstić information content (AvgIpc) is 3.12. The number of rotatable bonds is 7. The molecule has 0 spiro atoms. The highest BCUT2D eigenvalue weighted by Crippen LogP contribution is 2.29. The fourth-order valence-corrected chi connectivity index (χ4v) is 2.76. The Hall–Kier alpha value is -3.55. The van der Waals surface area contributed by atoms with Crippen molar-refractivity contribution in [2.75, 3.05) is 37.1 Å². The third-order valence-electron chi connectivity index (χ3n) is 4.16. The summed E-state index contributed by atoms with van der Waals surface area (Å²) < 4.78 is 15.7. The summed E-state index contributed by atoms with van der Waals surface area (Å²) in [6, 6.07) is 11.7. The van der Waals surface area contributed by atoms with Crippen molar-refractivity contribution in [3.63, 3.8) is 0 Å². The van der Waals surface area contributed by atoms with Gasteiger partial charge >= 0.3 is 6.09 Å². The number of Topliss-reactive ketones (excluding diaryl/α,β-unsaturated/α-hetero) is 1. The quantitative estimate of drug-likeness (QED) is 0.738. The number of carbonyl (C=O) groups excluding carboxylic acids is 3. The first-order valence-electron chi connectivity index (χ1n) is 8.64. The highest BCUT2D eigenvalue weighted by atomic mass is 16.6. The molecule has 1 heterocycles. The number of hydrogen-bond donors (Lipinski definition) is 1. The molecule has 28 heavy (non-hydrogen) atoms. The van der Waals surface area contributed by atoms with Crippen molar-refractivity contribution in [2.45, 2.75) is 6.92 Å². The molecular weight excluding hydrogens is 364 g/mol. The van der Waals surface area contributed by atoms with Crippen LogP contribution in [0.25, 0.3) is 0 Å². The number of hydrogen-bond acceptors (Lipinski definition) is 6. The van der Waals surface area contributed by atoms with Gasteiger partial charge in [0, 0.05) is 5.56 Å². The minimum absolute atomic E-state index is 0.0976. The predicted molar refractivity (Wildman–Crippen MR) is 102 cm³/mol. The van der Waals surface area contributed by atoms with E-state index in [0.717, 1.165) is 0 Å². The predicted octanol–water partition coefficient (Wildman–Crippen LogP) is 2.87. The van der Waals surface area contributed by atoms with E-state index in [4.69, 9.17) is 14.2 Å². The van der Waals surface area contributed by atoms with Crippen molar-refractivity contribution in [1.29, 1.82) is 0 Å². The Kier molecular flexibility index (Phi) is 5.78. The van der Waals surface area contributed by atoms with Gasteiger partial charge in [-0.3, -0.25) is 14.5 Å². The van der Waals surface area contributed by atoms with Crippen molar-refractivity contribution >= 4 is 29.2 Å². The van der Waals surface area contributed by atoms with Gasteiger partial charge in [-0.15, -0.1) is 0 Å². The summed E-state index contributed by atoms with van der Waals surface area (Å²) in [5.74, 6) is 0.206. The highest BCUT2D eigenvalue weighted by molar-refractivity contribution is 6.00. The Bertz CT molecular complexity index is 911. The Morgan fingerprint density at radius 2 is 1.96 bits per heavy atom. The van der Waals surface area contributed by atoms with Crippen LogP contribution in [0.3, 0.4) is 0 Å². The lowest BCUT2D eigenvalue weighted by Crippen LogP contribution is -2.26. The van der Waals surface area contributed by atoms with Crippen molar-refractivity contribution in [3.8, 4) is 11.5 Å². The largest absolute Gasteiger partial charge is 0.493 e. The summed E-state index contributed by atoms with van der Waals surface area (Å²) in [4.78, 5) is 37.1. The number of nitrogens with zero attached hydrogens (tertiary/aromatic N) is 1. The van der Waals surface area contributed by atoms with E-state index in [1.807, 2.05) is 0 Å². The second kappa shape index (κ2) is 8.43. The van der Waals surface area contributed by atoms with E-state index in [2.05, 4.69) is 5.32 Å². The van der Waals surface area contributed by atoms with Gasteiger partial charge in [0.15, 0.2) is 23.9 Å². The molecule has 0 radical (unpaired) electrons. The van der Waals surface area contributed by atoms with Gasteiger partial charge in [0.1, 0.15) is 6.61 Å². The van der Waals surface area contributed by atoms with Gasteiger partial charge in [0.25, 0.3) is 5.91 Å². The fourth-order valence-electron chi connectivity index (χ4n) is 2.76. The number of methoxy groups -OCH3 is 1. The van der Waals surface area contributed by atoms with E-state index in [0.29, 0.717) is 41.6 Å². The molecule has 1 aliphatic heterocycles. The molecule has 3 rings (SSSR count). The maximum Gasteiger partial charge on any atom is 0.414 e. The molecule has 2 aromatic carbocycles. The van der Waals surface area contributed by atoms with E-state index in [-0.39, 0.29) is 12.4 Å². The molecule has 1 saturated heterocycles. The van der Waals surface area contributed by atoms with Gasteiger partial charge < -0.3 is 19.5 Å². The number of para-hydroxylation sites is 2. The van der Waals surface area contributed by atoms with Crippen LogP contribution in [0.15, 0.2) is 42.5 Å². The average molecular weight is 384 g/mol. The normalized spacial score (nSPS) is 13.1. The van der Waals surface area contributed by atoms with Gasteiger partial charge in [-0.1, -0.05) is 12.1 Å². The molecule has 8 nitrogen and oxygen atoms in total. The van der Waals surface area contributed by atoms with Crippen molar-refractivity contribution in [1.82, 2.24) is 0 Å². The zero-order valence-electron chi connectivity index (χ0n) is 15.6. The molecule has 0 bridgehead atoms. The molecule has 146 valence electrons. The van der Waals surface area contributed by atoms with E-state index >= 15 is 0 Å². The van der Waals surface area contributed by atoms with Crippen molar-refractivity contribution in [3.05, 3.63) is 48.0 Å². The maximum atomic E-state index is 12.3. The first-order chi connectivity index (χ1) is 13.5. The Balaban J connectivity index is 1.67. The molecule has 1 fully saturated rings. The third-order valence-corrected chi connectivity index (χ3v) is 4.16. The fraction of sp³-hybridized carbons (Fsp3) is 0.250. The van der Waals surface area contributed by atoms with E-state index in [1.165, 1.54) is 18.9 Å². The molecule has 0 saturated carbocycles. The standard InChI is InChI=1S/C20H20N2O6/c1-13(23)14-7-8-17(18(11-14)26-2)28-12-19(24)21-15-5-3-4-6-16(15)22-9-10-27-20(22)25/h3-8,11H,9-10,12H2,1-2H3,(H,21,24).